The summed E-state index contributed by atoms with van der Waals surface area (Å²) in [6.45, 7) is 1.91. The average Bonchev–Trinajstić information content (AvgIpc) is 2.19. The molecule has 2 N–H and O–H groups in total. The van der Waals surface area contributed by atoms with Crippen LogP contribution in [0.3, 0.4) is 0 Å². The minimum atomic E-state index is -0.153. The van der Waals surface area contributed by atoms with Crippen molar-refractivity contribution in [2.45, 2.75) is 19.8 Å². The third kappa shape index (κ3) is 2.34. The number of piperidine rings is 1. The molecule has 1 aliphatic heterocycles. The number of hydrogen-bond acceptors (Lipinski definition) is 3. The molecule has 0 unspecified atom stereocenters. The van der Waals surface area contributed by atoms with Gasteiger partial charge < -0.3 is 5.73 Å². The smallest absolute Gasteiger partial charge is 0.234 e. The summed E-state index contributed by atoms with van der Waals surface area (Å²) >= 11 is 3.33. The molecule has 90 valence electrons. The van der Waals surface area contributed by atoms with Gasteiger partial charge in [0.25, 0.3) is 0 Å². The molecule has 17 heavy (non-hydrogen) atoms. The Bertz CT molecular complexity index is 469. The highest BCUT2D eigenvalue weighted by Crippen LogP contribution is 2.32. The maximum Gasteiger partial charge on any atom is 0.234 e. The standard InChI is InChI=1S/C12H13BrN2O2/c1-7-4-11(16)15(12(17)5-7)10-3-2-8(14)6-9(10)13/h2-3,6-7H,4-5,14H2,1H3. The fraction of sp³-hybridized carbons (Fsp3) is 0.333. The highest BCUT2D eigenvalue weighted by atomic mass is 79.9. The lowest BCUT2D eigenvalue weighted by Crippen LogP contribution is -2.43. The van der Waals surface area contributed by atoms with E-state index in [-0.39, 0.29) is 17.7 Å². The van der Waals surface area contributed by atoms with Crippen LogP contribution in [-0.4, -0.2) is 11.8 Å². The van der Waals surface area contributed by atoms with Crippen molar-refractivity contribution in [1.82, 2.24) is 0 Å². The van der Waals surface area contributed by atoms with Crippen molar-refractivity contribution >= 4 is 39.1 Å². The van der Waals surface area contributed by atoms with Gasteiger partial charge in [-0.05, 0) is 40.0 Å². The van der Waals surface area contributed by atoms with Gasteiger partial charge in [-0.1, -0.05) is 6.92 Å². The zero-order valence-corrected chi connectivity index (χ0v) is 11.0. The quantitative estimate of drug-likeness (QED) is 0.639. The molecule has 1 aromatic rings. The van der Waals surface area contributed by atoms with Crippen LogP contribution in [0.4, 0.5) is 11.4 Å². The number of nitrogens with two attached hydrogens (primary N) is 1. The lowest BCUT2D eigenvalue weighted by Gasteiger charge is -2.29. The van der Waals surface area contributed by atoms with Crippen LogP contribution in [0.15, 0.2) is 22.7 Å². The first-order valence-corrected chi connectivity index (χ1v) is 6.19. The molecule has 0 radical (unpaired) electrons. The van der Waals surface area contributed by atoms with Crippen molar-refractivity contribution in [3.05, 3.63) is 22.7 Å². The number of hydrogen-bond donors (Lipinski definition) is 1. The van der Waals surface area contributed by atoms with Crippen molar-refractivity contribution < 1.29 is 9.59 Å². The van der Waals surface area contributed by atoms with E-state index in [9.17, 15) is 9.59 Å². The molecule has 0 saturated carbocycles. The minimum Gasteiger partial charge on any atom is -0.399 e. The molecule has 5 heteroatoms. The summed E-state index contributed by atoms with van der Waals surface area (Å²) in [7, 11) is 0. The second kappa shape index (κ2) is 4.49. The Morgan fingerprint density at radius 2 is 1.88 bits per heavy atom. The van der Waals surface area contributed by atoms with Gasteiger partial charge in [-0.15, -0.1) is 0 Å². The van der Waals surface area contributed by atoms with E-state index < -0.39 is 0 Å². The summed E-state index contributed by atoms with van der Waals surface area (Å²) in [5.41, 5.74) is 6.79. The van der Waals surface area contributed by atoms with Crippen LogP contribution in [0.5, 0.6) is 0 Å². The third-order valence-electron chi connectivity index (χ3n) is 2.76. The van der Waals surface area contributed by atoms with E-state index in [1.807, 2.05) is 6.92 Å². The molecule has 1 heterocycles. The van der Waals surface area contributed by atoms with Gasteiger partial charge in [0.15, 0.2) is 0 Å². The van der Waals surface area contributed by atoms with Gasteiger partial charge in [-0.25, -0.2) is 4.90 Å². The number of nitrogens with zero attached hydrogens (tertiary/aromatic N) is 1. The number of carbonyl (C=O) groups is 2. The maximum absolute atomic E-state index is 11.9. The van der Waals surface area contributed by atoms with Gasteiger partial charge in [-0.3, -0.25) is 9.59 Å². The number of benzene rings is 1. The molecule has 0 aromatic heterocycles. The van der Waals surface area contributed by atoms with Gasteiger partial charge in [-0.2, -0.15) is 0 Å². The first-order valence-electron chi connectivity index (χ1n) is 5.40. The summed E-state index contributed by atoms with van der Waals surface area (Å²) in [6.07, 6.45) is 0.811. The summed E-state index contributed by atoms with van der Waals surface area (Å²) in [4.78, 5) is 25.1. The molecular weight excluding hydrogens is 284 g/mol. The molecule has 4 nitrogen and oxygen atoms in total. The van der Waals surface area contributed by atoms with Crippen molar-refractivity contribution in [3.63, 3.8) is 0 Å². The summed E-state index contributed by atoms with van der Waals surface area (Å²) in [5.74, 6) is -0.183. The normalized spacial score (nSPS) is 17.6. The molecule has 0 aliphatic carbocycles. The van der Waals surface area contributed by atoms with E-state index in [0.29, 0.717) is 28.7 Å². The molecule has 2 rings (SSSR count). The van der Waals surface area contributed by atoms with Crippen molar-refractivity contribution in [3.8, 4) is 0 Å². The topological polar surface area (TPSA) is 63.4 Å². The lowest BCUT2D eigenvalue weighted by atomic mass is 9.97. The zero-order valence-electron chi connectivity index (χ0n) is 9.44. The zero-order chi connectivity index (χ0) is 12.6. The van der Waals surface area contributed by atoms with E-state index in [1.54, 1.807) is 18.2 Å². The molecule has 0 bridgehead atoms. The Balaban J connectivity index is 2.38. The monoisotopic (exact) mass is 296 g/mol. The predicted molar refractivity (Wildman–Crippen MR) is 69.4 cm³/mol. The first kappa shape index (κ1) is 12.1. The fourth-order valence-electron chi connectivity index (χ4n) is 1.96. The molecule has 1 aromatic carbocycles. The third-order valence-corrected chi connectivity index (χ3v) is 3.39. The Morgan fingerprint density at radius 3 is 2.41 bits per heavy atom. The summed E-state index contributed by atoms with van der Waals surface area (Å²) in [5, 5.41) is 0. The molecular formula is C12H13BrN2O2. The van der Waals surface area contributed by atoms with E-state index in [4.69, 9.17) is 5.73 Å². The number of carbonyl (C=O) groups excluding carboxylic acids is 2. The van der Waals surface area contributed by atoms with Crippen LogP contribution in [0.1, 0.15) is 19.8 Å². The van der Waals surface area contributed by atoms with Crippen LogP contribution in [0, 0.1) is 5.92 Å². The molecule has 1 fully saturated rings. The highest BCUT2D eigenvalue weighted by Gasteiger charge is 2.32. The second-order valence-electron chi connectivity index (χ2n) is 4.35. The van der Waals surface area contributed by atoms with Crippen LogP contribution < -0.4 is 10.6 Å². The fourth-order valence-corrected chi connectivity index (χ4v) is 2.54. The van der Waals surface area contributed by atoms with E-state index in [2.05, 4.69) is 15.9 Å². The molecule has 2 amide bonds. The Labute approximate surface area is 108 Å². The number of anilines is 2. The largest absolute Gasteiger partial charge is 0.399 e. The van der Waals surface area contributed by atoms with Crippen LogP contribution in [0.25, 0.3) is 0 Å². The Kier molecular flexibility index (Phi) is 3.19. The maximum atomic E-state index is 11.9. The van der Waals surface area contributed by atoms with Crippen LogP contribution >= 0.6 is 15.9 Å². The van der Waals surface area contributed by atoms with Gasteiger partial charge in [0.05, 0.1) is 5.69 Å². The van der Waals surface area contributed by atoms with Crippen molar-refractivity contribution in [1.29, 1.82) is 0 Å². The van der Waals surface area contributed by atoms with Crippen LogP contribution in [-0.2, 0) is 9.59 Å². The van der Waals surface area contributed by atoms with Gasteiger partial charge in [0.2, 0.25) is 11.8 Å². The van der Waals surface area contributed by atoms with E-state index in [1.165, 1.54) is 4.90 Å². The SMILES string of the molecule is CC1CC(=O)N(c2ccc(N)cc2Br)C(=O)C1. The molecule has 1 saturated heterocycles. The molecule has 1 aliphatic rings. The number of amides is 2. The van der Waals surface area contributed by atoms with Crippen LogP contribution in [0.2, 0.25) is 0 Å². The minimum absolute atomic E-state index is 0.124. The van der Waals surface area contributed by atoms with Gasteiger partial charge in [0.1, 0.15) is 0 Å². The molecule has 0 spiro atoms. The number of nitrogen functional groups attached to an aromatic ring is 1. The first-order chi connectivity index (χ1) is 7.99. The predicted octanol–water partition coefficient (Wildman–Crippen LogP) is 2.32. The Hall–Kier alpha value is -1.36. The van der Waals surface area contributed by atoms with Crippen molar-refractivity contribution in [2.24, 2.45) is 5.92 Å². The summed E-state index contributed by atoms with van der Waals surface area (Å²) < 4.78 is 0.661. The number of rotatable bonds is 1. The van der Waals surface area contributed by atoms with E-state index in [0.717, 1.165) is 0 Å². The average molecular weight is 297 g/mol. The van der Waals surface area contributed by atoms with E-state index >= 15 is 0 Å². The highest BCUT2D eigenvalue weighted by molar-refractivity contribution is 9.10. The molecule has 0 atom stereocenters. The second-order valence-corrected chi connectivity index (χ2v) is 5.20. The van der Waals surface area contributed by atoms with Gasteiger partial charge in [0, 0.05) is 23.0 Å². The lowest BCUT2D eigenvalue weighted by molar-refractivity contribution is -0.130. The van der Waals surface area contributed by atoms with Gasteiger partial charge >= 0.3 is 0 Å². The van der Waals surface area contributed by atoms with Crippen molar-refractivity contribution in [2.75, 3.05) is 10.6 Å². The summed E-state index contributed by atoms with van der Waals surface area (Å²) in [6, 6.07) is 5.05. The number of imide groups is 1. The number of halogens is 1. The Morgan fingerprint density at radius 1 is 1.29 bits per heavy atom.